The molecule has 18 heavy (non-hydrogen) atoms. The molecule has 0 aromatic heterocycles. The Morgan fingerprint density at radius 3 is 2.61 bits per heavy atom. The van der Waals surface area contributed by atoms with E-state index in [0.29, 0.717) is 10.9 Å². The standard InChI is InChI=1S/C14H21ClN2S/c1-11(2)9-17(8-7-14(16)18)10-12-5-3-4-6-13(12)15/h3-6,11H,7-10H2,1-2H3,(H2,16,18). The van der Waals surface area contributed by atoms with Gasteiger partial charge in [-0.05, 0) is 17.5 Å². The molecule has 0 amide bonds. The molecule has 1 rings (SSSR count). The van der Waals surface area contributed by atoms with Crippen molar-refractivity contribution in [3.8, 4) is 0 Å². The van der Waals surface area contributed by atoms with Crippen molar-refractivity contribution in [2.24, 2.45) is 11.7 Å². The molecule has 2 nitrogen and oxygen atoms in total. The average Bonchev–Trinajstić information content (AvgIpc) is 2.28. The molecule has 0 saturated heterocycles. The zero-order chi connectivity index (χ0) is 13.5. The normalized spacial score (nSPS) is 11.2. The first-order chi connectivity index (χ1) is 8.49. The Morgan fingerprint density at radius 2 is 2.06 bits per heavy atom. The van der Waals surface area contributed by atoms with Crippen LogP contribution in [0.5, 0.6) is 0 Å². The lowest BCUT2D eigenvalue weighted by atomic mass is 10.1. The highest BCUT2D eigenvalue weighted by atomic mass is 35.5. The first-order valence-electron chi connectivity index (χ1n) is 6.23. The topological polar surface area (TPSA) is 29.3 Å². The van der Waals surface area contributed by atoms with Gasteiger partial charge in [-0.3, -0.25) is 4.90 Å². The van der Waals surface area contributed by atoms with Crippen LogP contribution in [-0.4, -0.2) is 23.0 Å². The van der Waals surface area contributed by atoms with Crippen LogP contribution >= 0.6 is 23.8 Å². The lowest BCUT2D eigenvalue weighted by Crippen LogP contribution is -2.30. The Morgan fingerprint density at radius 1 is 1.39 bits per heavy atom. The predicted molar refractivity (Wildman–Crippen MR) is 83.0 cm³/mol. The summed E-state index contributed by atoms with van der Waals surface area (Å²) in [5.74, 6) is 0.610. The number of benzene rings is 1. The predicted octanol–water partition coefficient (Wildman–Crippen LogP) is 3.47. The van der Waals surface area contributed by atoms with E-state index < -0.39 is 0 Å². The minimum atomic E-state index is 0.572. The molecule has 100 valence electrons. The number of nitrogens with zero attached hydrogens (tertiary/aromatic N) is 1. The minimum Gasteiger partial charge on any atom is -0.393 e. The second kappa shape index (κ2) is 7.72. The van der Waals surface area contributed by atoms with Crippen LogP contribution in [0.1, 0.15) is 25.8 Å². The molecule has 1 aromatic carbocycles. The molecule has 0 fully saturated rings. The third kappa shape index (κ3) is 5.80. The van der Waals surface area contributed by atoms with Gasteiger partial charge in [-0.15, -0.1) is 0 Å². The summed E-state index contributed by atoms with van der Waals surface area (Å²) in [5.41, 5.74) is 6.73. The maximum atomic E-state index is 6.19. The molecule has 0 bridgehead atoms. The van der Waals surface area contributed by atoms with Gasteiger partial charge in [0.05, 0.1) is 4.99 Å². The molecule has 0 aliphatic heterocycles. The second-order valence-corrected chi connectivity index (χ2v) is 5.87. The van der Waals surface area contributed by atoms with Gasteiger partial charge in [0.2, 0.25) is 0 Å². The van der Waals surface area contributed by atoms with Gasteiger partial charge in [-0.25, -0.2) is 0 Å². The van der Waals surface area contributed by atoms with E-state index in [4.69, 9.17) is 29.6 Å². The average molecular weight is 285 g/mol. The van der Waals surface area contributed by atoms with Gasteiger partial charge in [0, 0.05) is 31.1 Å². The fraction of sp³-hybridized carbons (Fsp3) is 0.500. The molecular weight excluding hydrogens is 264 g/mol. The van der Waals surface area contributed by atoms with E-state index in [1.165, 1.54) is 0 Å². The van der Waals surface area contributed by atoms with Crippen molar-refractivity contribution in [3.05, 3.63) is 34.9 Å². The highest BCUT2D eigenvalue weighted by Crippen LogP contribution is 2.17. The smallest absolute Gasteiger partial charge is 0.0740 e. The van der Waals surface area contributed by atoms with Crippen molar-refractivity contribution in [2.45, 2.75) is 26.8 Å². The SMILES string of the molecule is CC(C)CN(CCC(N)=S)Cc1ccccc1Cl. The minimum absolute atomic E-state index is 0.572. The summed E-state index contributed by atoms with van der Waals surface area (Å²) in [6, 6.07) is 7.96. The Kier molecular flexibility index (Phi) is 6.61. The maximum absolute atomic E-state index is 6.19. The Bertz CT molecular complexity index is 393. The first-order valence-corrected chi connectivity index (χ1v) is 7.01. The summed E-state index contributed by atoms with van der Waals surface area (Å²) < 4.78 is 0. The third-order valence-electron chi connectivity index (χ3n) is 2.65. The van der Waals surface area contributed by atoms with Crippen LogP contribution in [0.2, 0.25) is 5.02 Å². The largest absolute Gasteiger partial charge is 0.393 e. The summed E-state index contributed by atoms with van der Waals surface area (Å²) >= 11 is 11.1. The molecule has 1 aromatic rings. The number of rotatable bonds is 7. The Labute approximate surface area is 120 Å². The molecule has 2 N–H and O–H groups in total. The number of thiocarbonyl (C=S) groups is 1. The number of nitrogens with two attached hydrogens (primary N) is 1. The van der Waals surface area contributed by atoms with E-state index in [9.17, 15) is 0 Å². The van der Waals surface area contributed by atoms with Gasteiger partial charge < -0.3 is 5.73 Å². The van der Waals surface area contributed by atoms with Crippen LogP contribution in [0.25, 0.3) is 0 Å². The highest BCUT2D eigenvalue weighted by molar-refractivity contribution is 7.80. The van der Waals surface area contributed by atoms with Crippen molar-refractivity contribution in [3.63, 3.8) is 0 Å². The molecule has 0 unspecified atom stereocenters. The van der Waals surface area contributed by atoms with Gasteiger partial charge in [0.25, 0.3) is 0 Å². The zero-order valence-electron chi connectivity index (χ0n) is 11.0. The lowest BCUT2D eigenvalue weighted by molar-refractivity contribution is 0.243. The van der Waals surface area contributed by atoms with Crippen LogP contribution in [0.15, 0.2) is 24.3 Å². The Hall–Kier alpha value is -0.640. The van der Waals surface area contributed by atoms with Crippen molar-refractivity contribution in [1.82, 2.24) is 4.90 Å². The van der Waals surface area contributed by atoms with Crippen molar-refractivity contribution in [2.75, 3.05) is 13.1 Å². The van der Waals surface area contributed by atoms with E-state index in [0.717, 1.165) is 36.6 Å². The number of hydrogen-bond donors (Lipinski definition) is 1. The van der Waals surface area contributed by atoms with Gasteiger partial charge in [-0.2, -0.15) is 0 Å². The number of hydrogen-bond acceptors (Lipinski definition) is 2. The van der Waals surface area contributed by atoms with E-state index in [1.54, 1.807) is 0 Å². The van der Waals surface area contributed by atoms with Crippen molar-refractivity contribution >= 4 is 28.8 Å². The maximum Gasteiger partial charge on any atom is 0.0740 e. The summed E-state index contributed by atoms with van der Waals surface area (Å²) in [6.07, 6.45) is 0.756. The van der Waals surface area contributed by atoms with Crippen LogP contribution in [0.3, 0.4) is 0 Å². The summed E-state index contributed by atoms with van der Waals surface area (Å²) in [7, 11) is 0. The molecule has 0 aliphatic carbocycles. The molecule has 0 aliphatic rings. The second-order valence-electron chi connectivity index (χ2n) is 4.94. The quantitative estimate of drug-likeness (QED) is 0.778. The van der Waals surface area contributed by atoms with E-state index in [-0.39, 0.29) is 0 Å². The van der Waals surface area contributed by atoms with Gasteiger partial charge in [-0.1, -0.05) is 55.9 Å². The third-order valence-corrected chi connectivity index (χ3v) is 3.22. The number of halogens is 1. The van der Waals surface area contributed by atoms with Crippen LogP contribution in [-0.2, 0) is 6.54 Å². The van der Waals surface area contributed by atoms with Gasteiger partial charge in [0.15, 0.2) is 0 Å². The Balaban J connectivity index is 2.65. The van der Waals surface area contributed by atoms with Crippen LogP contribution < -0.4 is 5.73 Å². The zero-order valence-corrected chi connectivity index (χ0v) is 12.6. The van der Waals surface area contributed by atoms with Gasteiger partial charge >= 0.3 is 0 Å². The van der Waals surface area contributed by atoms with Crippen LogP contribution in [0, 0.1) is 5.92 Å². The molecule has 0 spiro atoms. The van der Waals surface area contributed by atoms with Crippen molar-refractivity contribution in [1.29, 1.82) is 0 Å². The molecule has 0 radical (unpaired) electrons. The summed E-state index contributed by atoms with van der Waals surface area (Å²) in [6.45, 7) is 7.17. The summed E-state index contributed by atoms with van der Waals surface area (Å²) in [4.78, 5) is 2.92. The first kappa shape index (κ1) is 15.4. The molecular formula is C14H21ClN2S. The van der Waals surface area contributed by atoms with Crippen LogP contribution in [0.4, 0.5) is 0 Å². The van der Waals surface area contributed by atoms with E-state index in [1.807, 2.05) is 18.2 Å². The highest BCUT2D eigenvalue weighted by Gasteiger charge is 2.10. The monoisotopic (exact) mass is 284 g/mol. The van der Waals surface area contributed by atoms with E-state index in [2.05, 4.69) is 24.8 Å². The molecule has 0 atom stereocenters. The fourth-order valence-corrected chi connectivity index (χ4v) is 2.17. The summed E-state index contributed by atoms with van der Waals surface area (Å²) in [5, 5.41) is 0.821. The molecule has 0 saturated carbocycles. The van der Waals surface area contributed by atoms with E-state index >= 15 is 0 Å². The molecule has 0 heterocycles. The fourth-order valence-electron chi connectivity index (χ4n) is 1.89. The molecule has 4 heteroatoms. The lowest BCUT2D eigenvalue weighted by Gasteiger charge is -2.24. The van der Waals surface area contributed by atoms with Gasteiger partial charge in [0.1, 0.15) is 0 Å². The van der Waals surface area contributed by atoms with Crippen molar-refractivity contribution < 1.29 is 0 Å².